The fraction of sp³-hybridized carbons (Fsp3) is 0.625. The maximum Gasteiger partial charge on any atom is 0.127 e. The highest BCUT2D eigenvalue weighted by molar-refractivity contribution is 9.10. The summed E-state index contributed by atoms with van der Waals surface area (Å²) in [6, 6.07) is 5.07. The second kappa shape index (κ2) is 8.22. The molecule has 0 aromatic heterocycles. The number of nitrogens with two attached hydrogens (primary N) is 1. The zero-order valence-corrected chi connectivity index (χ0v) is 14.0. The van der Waals surface area contributed by atoms with Crippen LogP contribution in [0.4, 0.5) is 4.39 Å². The molecule has 5 heteroatoms. The van der Waals surface area contributed by atoms with Crippen LogP contribution < -0.4 is 11.3 Å². The minimum atomic E-state index is -0.205. The smallest absolute Gasteiger partial charge is 0.127 e. The van der Waals surface area contributed by atoms with E-state index in [1.54, 1.807) is 13.2 Å². The number of hydrazine groups is 1. The van der Waals surface area contributed by atoms with E-state index in [4.69, 9.17) is 10.6 Å². The van der Waals surface area contributed by atoms with Gasteiger partial charge < -0.3 is 4.74 Å². The topological polar surface area (TPSA) is 47.3 Å². The standard InChI is InChI=1S/C16H24BrFN2O/c1-21-16(11-5-3-2-4-6-11)15(20-19)9-12-7-8-13(17)10-14(12)18/h7-8,10-11,15-16,20H,2-6,9,19H2,1H3. The summed E-state index contributed by atoms with van der Waals surface area (Å²) in [6.07, 6.45) is 6.68. The molecule has 1 aliphatic rings. The number of ether oxygens (including phenoxy) is 1. The second-order valence-electron chi connectivity index (χ2n) is 5.81. The Balaban J connectivity index is 2.09. The highest BCUT2D eigenvalue weighted by Crippen LogP contribution is 2.30. The Morgan fingerprint density at radius 3 is 2.67 bits per heavy atom. The number of benzene rings is 1. The van der Waals surface area contributed by atoms with Crippen molar-refractivity contribution in [2.75, 3.05) is 7.11 Å². The number of nitrogens with one attached hydrogen (secondary N) is 1. The first kappa shape index (κ1) is 16.9. The third-order valence-electron chi connectivity index (χ3n) is 4.45. The zero-order chi connectivity index (χ0) is 15.2. The van der Waals surface area contributed by atoms with E-state index in [0.717, 1.165) is 4.47 Å². The molecular weight excluding hydrogens is 335 g/mol. The van der Waals surface area contributed by atoms with E-state index in [2.05, 4.69) is 21.4 Å². The monoisotopic (exact) mass is 358 g/mol. The zero-order valence-electron chi connectivity index (χ0n) is 12.4. The lowest BCUT2D eigenvalue weighted by molar-refractivity contribution is 0.00810. The van der Waals surface area contributed by atoms with Gasteiger partial charge in [-0.2, -0.15) is 0 Å². The molecule has 0 spiro atoms. The predicted octanol–water partition coefficient (Wildman–Crippen LogP) is 3.56. The molecule has 1 aromatic carbocycles. The van der Waals surface area contributed by atoms with Crippen LogP contribution in [0.5, 0.6) is 0 Å². The van der Waals surface area contributed by atoms with Crippen LogP contribution in [0.15, 0.2) is 22.7 Å². The molecule has 0 saturated heterocycles. The van der Waals surface area contributed by atoms with Gasteiger partial charge in [-0.05, 0) is 42.9 Å². The lowest BCUT2D eigenvalue weighted by atomic mass is 9.81. The first-order valence-electron chi connectivity index (χ1n) is 7.58. The van der Waals surface area contributed by atoms with Crippen LogP contribution in [-0.2, 0) is 11.2 Å². The summed E-state index contributed by atoms with van der Waals surface area (Å²) in [5.74, 6) is 6.02. The largest absolute Gasteiger partial charge is 0.379 e. The van der Waals surface area contributed by atoms with E-state index in [1.807, 2.05) is 6.07 Å². The Morgan fingerprint density at radius 2 is 2.10 bits per heavy atom. The number of rotatable bonds is 6. The molecule has 1 fully saturated rings. The first-order valence-corrected chi connectivity index (χ1v) is 8.38. The van der Waals surface area contributed by atoms with Crippen molar-refractivity contribution >= 4 is 15.9 Å². The SMILES string of the molecule is COC(C1CCCCC1)C(Cc1ccc(Br)cc1F)NN. The molecule has 1 aliphatic carbocycles. The van der Waals surface area contributed by atoms with E-state index >= 15 is 0 Å². The molecule has 0 radical (unpaired) electrons. The molecule has 118 valence electrons. The van der Waals surface area contributed by atoms with Gasteiger partial charge in [0, 0.05) is 11.6 Å². The molecule has 0 heterocycles. The minimum absolute atomic E-state index is 0.0262. The fourth-order valence-corrected chi connectivity index (χ4v) is 3.68. The van der Waals surface area contributed by atoms with Crippen molar-refractivity contribution in [1.29, 1.82) is 0 Å². The lowest BCUT2D eigenvalue weighted by Crippen LogP contribution is -2.50. The Labute approximate surface area is 134 Å². The van der Waals surface area contributed by atoms with Gasteiger partial charge >= 0.3 is 0 Å². The molecule has 21 heavy (non-hydrogen) atoms. The quantitative estimate of drug-likeness (QED) is 0.603. The highest BCUT2D eigenvalue weighted by Gasteiger charge is 2.30. The van der Waals surface area contributed by atoms with Crippen LogP contribution in [0.3, 0.4) is 0 Å². The molecule has 0 aliphatic heterocycles. The van der Waals surface area contributed by atoms with Gasteiger partial charge in [0.15, 0.2) is 0 Å². The minimum Gasteiger partial charge on any atom is -0.379 e. The number of hydrogen-bond acceptors (Lipinski definition) is 3. The molecule has 2 atom stereocenters. The van der Waals surface area contributed by atoms with E-state index < -0.39 is 0 Å². The van der Waals surface area contributed by atoms with Gasteiger partial charge in [-0.1, -0.05) is 41.3 Å². The van der Waals surface area contributed by atoms with Crippen molar-refractivity contribution in [2.45, 2.75) is 50.7 Å². The van der Waals surface area contributed by atoms with Crippen molar-refractivity contribution in [3.8, 4) is 0 Å². The van der Waals surface area contributed by atoms with Crippen LogP contribution >= 0.6 is 15.9 Å². The van der Waals surface area contributed by atoms with E-state index in [9.17, 15) is 4.39 Å². The van der Waals surface area contributed by atoms with Crippen LogP contribution in [0.2, 0.25) is 0 Å². The van der Waals surface area contributed by atoms with Crippen LogP contribution in [0.25, 0.3) is 0 Å². The maximum atomic E-state index is 14.0. The maximum absolute atomic E-state index is 14.0. The average Bonchev–Trinajstić information content (AvgIpc) is 2.50. The van der Waals surface area contributed by atoms with E-state index in [1.165, 1.54) is 38.2 Å². The molecule has 0 amide bonds. The molecule has 0 bridgehead atoms. The molecule has 1 aromatic rings. The van der Waals surface area contributed by atoms with Crippen molar-refractivity contribution in [1.82, 2.24) is 5.43 Å². The van der Waals surface area contributed by atoms with E-state index in [0.29, 0.717) is 17.9 Å². The Kier molecular flexibility index (Phi) is 6.61. The normalized spacial score (nSPS) is 19.4. The van der Waals surface area contributed by atoms with Crippen molar-refractivity contribution < 1.29 is 9.13 Å². The molecular formula is C16H24BrFN2O. The fourth-order valence-electron chi connectivity index (χ4n) is 3.34. The Bertz CT molecular complexity index is 452. The van der Waals surface area contributed by atoms with Gasteiger partial charge in [-0.15, -0.1) is 0 Å². The van der Waals surface area contributed by atoms with Crippen molar-refractivity contribution in [3.63, 3.8) is 0 Å². The van der Waals surface area contributed by atoms with Gasteiger partial charge in [-0.3, -0.25) is 11.3 Å². The third-order valence-corrected chi connectivity index (χ3v) is 4.95. The number of hydrogen-bond donors (Lipinski definition) is 2. The predicted molar refractivity (Wildman–Crippen MR) is 86.3 cm³/mol. The van der Waals surface area contributed by atoms with Gasteiger partial charge in [0.2, 0.25) is 0 Å². The van der Waals surface area contributed by atoms with Crippen LogP contribution in [0.1, 0.15) is 37.7 Å². The number of halogens is 2. The molecule has 3 nitrogen and oxygen atoms in total. The van der Waals surface area contributed by atoms with Crippen LogP contribution in [0, 0.1) is 11.7 Å². The van der Waals surface area contributed by atoms with Gasteiger partial charge in [-0.25, -0.2) is 4.39 Å². The molecule has 1 saturated carbocycles. The average molecular weight is 359 g/mol. The van der Waals surface area contributed by atoms with Gasteiger partial charge in [0.1, 0.15) is 5.82 Å². The second-order valence-corrected chi connectivity index (χ2v) is 6.73. The summed E-state index contributed by atoms with van der Waals surface area (Å²) < 4.78 is 20.5. The summed E-state index contributed by atoms with van der Waals surface area (Å²) in [5.41, 5.74) is 3.50. The third kappa shape index (κ3) is 4.49. The van der Waals surface area contributed by atoms with Crippen molar-refractivity contribution in [3.05, 3.63) is 34.1 Å². The Morgan fingerprint density at radius 1 is 1.38 bits per heavy atom. The number of methoxy groups -OCH3 is 1. The molecule has 2 rings (SSSR count). The molecule has 2 unspecified atom stereocenters. The summed E-state index contributed by atoms with van der Waals surface area (Å²) in [5, 5.41) is 0. The lowest BCUT2D eigenvalue weighted by Gasteiger charge is -2.34. The van der Waals surface area contributed by atoms with E-state index in [-0.39, 0.29) is 18.0 Å². The van der Waals surface area contributed by atoms with Crippen molar-refractivity contribution in [2.24, 2.45) is 11.8 Å². The van der Waals surface area contributed by atoms with Crippen LogP contribution in [-0.4, -0.2) is 19.3 Å². The summed E-state index contributed by atoms with van der Waals surface area (Å²) in [7, 11) is 1.72. The van der Waals surface area contributed by atoms with Gasteiger partial charge in [0.05, 0.1) is 12.1 Å². The summed E-state index contributed by atoms with van der Waals surface area (Å²) in [6.45, 7) is 0. The summed E-state index contributed by atoms with van der Waals surface area (Å²) >= 11 is 3.28. The Hall–Kier alpha value is -0.490. The molecule has 3 N–H and O–H groups in total. The summed E-state index contributed by atoms with van der Waals surface area (Å²) in [4.78, 5) is 0. The highest BCUT2D eigenvalue weighted by atomic mass is 79.9. The van der Waals surface area contributed by atoms with Gasteiger partial charge in [0.25, 0.3) is 0 Å². The first-order chi connectivity index (χ1) is 10.2.